The summed E-state index contributed by atoms with van der Waals surface area (Å²) in [5.41, 5.74) is 2.38. The van der Waals surface area contributed by atoms with Gasteiger partial charge in [0.2, 0.25) is 0 Å². The SMILES string of the molecule is C[C@H]1Cc2ccccc2N1C(=O)c1ccc(C(=O)O)nc1. The van der Waals surface area contributed by atoms with Gasteiger partial charge in [0.15, 0.2) is 0 Å². The molecule has 1 N–H and O–H groups in total. The Hall–Kier alpha value is -2.69. The van der Waals surface area contributed by atoms with Gasteiger partial charge in [-0.15, -0.1) is 0 Å². The van der Waals surface area contributed by atoms with Crippen molar-refractivity contribution >= 4 is 17.6 Å². The maximum Gasteiger partial charge on any atom is 0.354 e. The van der Waals surface area contributed by atoms with Crippen molar-refractivity contribution in [2.45, 2.75) is 19.4 Å². The van der Waals surface area contributed by atoms with Gasteiger partial charge in [-0.1, -0.05) is 18.2 Å². The second kappa shape index (κ2) is 5.01. The van der Waals surface area contributed by atoms with Gasteiger partial charge in [-0.05, 0) is 37.1 Å². The highest BCUT2D eigenvalue weighted by Crippen LogP contribution is 2.32. The molecule has 0 fully saturated rings. The predicted molar refractivity (Wildman–Crippen MR) is 77.6 cm³/mol. The first kappa shape index (κ1) is 13.3. The zero-order chi connectivity index (χ0) is 15.0. The summed E-state index contributed by atoms with van der Waals surface area (Å²) in [6, 6.07) is 10.7. The molecule has 2 heterocycles. The number of benzene rings is 1. The second-order valence-electron chi connectivity index (χ2n) is 5.09. The number of hydrogen-bond acceptors (Lipinski definition) is 3. The summed E-state index contributed by atoms with van der Waals surface area (Å²) in [6.45, 7) is 2.00. The van der Waals surface area contributed by atoms with Crippen LogP contribution in [0.5, 0.6) is 0 Å². The van der Waals surface area contributed by atoms with Gasteiger partial charge in [0.1, 0.15) is 5.69 Å². The number of fused-ring (bicyclic) bond motifs is 1. The van der Waals surface area contributed by atoms with Crippen molar-refractivity contribution in [2.24, 2.45) is 0 Å². The van der Waals surface area contributed by atoms with Crippen LogP contribution in [0.3, 0.4) is 0 Å². The quantitative estimate of drug-likeness (QED) is 0.918. The fourth-order valence-corrected chi connectivity index (χ4v) is 2.66. The Morgan fingerprint density at radius 1 is 1.24 bits per heavy atom. The van der Waals surface area contributed by atoms with Gasteiger partial charge in [-0.3, -0.25) is 4.79 Å². The van der Waals surface area contributed by atoms with E-state index in [1.807, 2.05) is 31.2 Å². The number of anilines is 1. The fraction of sp³-hybridized carbons (Fsp3) is 0.188. The number of rotatable bonds is 2. The number of amides is 1. The van der Waals surface area contributed by atoms with Crippen molar-refractivity contribution in [3.63, 3.8) is 0 Å². The monoisotopic (exact) mass is 282 g/mol. The van der Waals surface area contributed by atoms with Crippen molar-refractivity contribution in [3.8, 4) is 0 Å². The van der Waals surface area contributed by atoms with Crippen LogP contribution in [0.1, 0.15) is 33.3 Å². The molecule has 21 heavy (non-hydrogen) atoms. The lowest BCUT2D eigenvalue weighted by molar-refractivity contribution is 0.0689. The molecule has 0 aliphatic carbocycles. The molecule has 1 aromatic carbocycles. The molecule has 1 amide bonds. The summed E-state index contributed by atoms with van der Waals surface area (Å²) in [6.07, 6.45) is 2.14. The third-order valence-corrected chi connectivity index (χ3v) is 3.66. The number of pyridine rings is 1. The van der Waals surface area contributed by atoms with Gasteiger partial charge in [0.25, 0.3) is 5.91 Å². The summed E-state index contributed by atoms with van der Waals surface area (Å²) in [5.74, 6) is -1.26. The van der Waals surface area contributed by atoms with Crippen molar-refractivity contribution in [1.29, 1.82) is 0 Å². The molecular weight excluding hydrogens is 268 g/mol. The Labute approximate surface area is 121 Å². The van der Waals surface area contributed by atoms with Crippen LogP contribution < -0.4 is 4.90 Å². The Balaban J connectivity index is 1.93. The first-order valence-electron chi connectivity index (χ1n) is 6.68. The van der Waals surface area contributed by atoms with Gasteiger partial charge < -0.3 is 10.0 Å². The van der Waals surface area contributed by atoms with Crippen molar-refractivity contribution < 1.29 is 14.7 Å². The molecule has 106 valence electrons. The third-order valence-electron chi connectivity index (χ3n) is 3.66. The molecule has 2 aromatic rings. The number of aromatic nitrogens is 1. The molecule has 0 saturated carbocycles. The normalized spacial score (nSPS) is 16.6. The highest BCUT2D eigenvalue weighted by atomic mass is 16.4. The highest BCUT2D eigenvalue weighted by molar-refractivity contribution is 6.07. The minimum atomic E-state index is -1.10. The molecule has 0 saturated heterocycles. The molecule has 1 aliphatic heterocycles. The van der Waals surface area contributed by atoms with E-state index < -0.39 is 5.97 Å². The molecule has 0 unspecified atom stereocenters. The standard InChI is InChI=1S/C16H14N2O3/c1-10-8-11-4-2-3-5-14(11)18(10)15(19)12-6-7-13(16(20)21)17-9-12/h2-7,9-10H,8H2,1H3,(H,20,21)/t10-/m0/s1. The van der Waals surface area contributed by atoms with Crippen LogP contribution >= 0.6 is 0 Å². The number of nitrogens with zero attached hydrogens (tertiary/aromatic N) is 2. The van der Waals surface area contributed by atoms with Crippen LogP contribution in [0.2, 0.25) is 0 Å². The lowest BCUT2D eigenvalue weighted by Gasteiger charge is -2.22. The van der Waals surface area contributed by atoms with Crippen LogP contribution in [-0.4, -0.2) is 28.0 Å². The van der Waals surface area contributed by atoms with E-state index in [1.54, 1.807) is 4.90 Å². The van der Waals surface area contributed by atoms with E-state index >= 15 is 0 Å². The number of carbonyl (C=O) groups is 2. The average Bonchev–Trinajstić information content (AvgIpc) is 2.82. The predicted octanol–water partition coefficient (Wildman–Crippen LogP) is 2.37. The third kappa shape index (κ3) is 2.27. The molecule has 0 bridgehead atoms. The lowest BCUT2D eigenvalue weighted by Crippen LogP contribution is -2.35. The van der Waals surface area contributed by atoms with Gasteiger partial charge in [0, 0.05) is 17.9 Å². The van der Waals surface area contributed by atoms with Crippen molar-refractivity contribution in [2.75, 3.05) is 4.90 Å². The minimum absolute atomic E-state index is 0.0681. The van der Waals surface area contributed by atoms with E-state index in [9.17, 15) is 9.59 Å². The molecule has 0 radical (unpaired) electrons. The maximum absolute atomic E-state index is 12.6. The number of carbonyl (C=O) groups excluding carboxylic acids is 1. The number of aromatic carboxylic acids is 1. The molecule has 1 atom stereocenters. The zero-order valence-corrected chi connectivity index (χ0v) is 11.5. The molecular formula is C16H14N2O3. The topological polar surface area (TPSA) is 70.5 Å². The smallest absolute Gasteiger partial charge is 0.354 e. The van der Waals surface area contributed by atoms with Crippen LogP contribution in [0, 0.1) is 0 Å². The Kier molecular flexibility index (Phi) is 3.17. The molecule has 0 spiro atoms. The largest absolute Gasteiger partial charge is 0.477 e. The van der Waals surface area contributed by atoms with Crippen molar-refractivity contribution in [1.82, 2.24) is 4.98 Å². The highest BCUT2D eigenvalue weighted by Gasteiger charge is 2.31. The van der Waals surface area contributed by atoms with E-state index in [-0.39, 0.29) is 17.6 Å². The molecule has 1 aromatic heterocycles. The Morgan fingerprint density at radius 2 is 2.00 bits per heavy atom. The summed E-state index contributed by atoms with van der Waals surface area (Å²) in [4.78, 5) is 29.0. The molecule has 5 heteroatoms. The van der Waals surface area contributed by atoms with Gasteiger partial charge >= 0.3 is 5.97 Å². The second-order valence-corrected chi connectivity index (χ2v) is 5.09. The van der Waals surface area contributed by atoms with Crippen LogP contribution in [0.15, 0.2) is 42.6 Å². The number of carboxylic acid groups (broad SMARTS) is 1. The van der Waals surface area contributed by atoms with Crippen LogP contribution in [0.4, 0.5) is 5.69 Å². The molecule has 1 aliphatic rings. The Morgan fingerprint density at radius 3 is 2.67 bits per heavy atom. The van der Waals surface area contributed by atoms with Gasteiger partial charge in [-0.25, -0.2) is 9.78 Å². The summed E-state index contributed by atoms with van der Waals surface area (Å²) in [7, 11) is 0. The maximum atomic E-state index is 12.6. The lowest BCUT2D eigenvalue weighted by atomic mass is 10.1. The summed E-state index contributed by atoms with van der Waals surface area (Å²) in [5, 5.41) is 8.84. The first-order chi connectivity index (χ1) is 10.1. The van der Waals surface area contributed by atoms with E-state index in [1.165, 1.54) is 18.3 Å². The van der Waals surface area contributed by atoms with E-state index in [0.29, 0.717) is 5.56 Å². The molecule has 3 rings (SSSR count). The van der Waals surface area contributed by atoms with Crippen LogP contribution in [0.25, 0.3) is 0 Å². The Bertz CT molecular complexity index is 710. The first-order valence-corrected chi connectivity index (χ1v) is 6.68. The molecule has 5 nitrogen and oxygen atoms in total. The van der Waals surface area contributed by atoms with Gasteiger partial charge in [-0.2, -0.15) is 0 Å². The van der Waals surface area contributed by atoms with Gasteiger partial charge in [0.05, 0.1) is 5.56 Å². The summed E-state index contributed by atoms with van der Waals surface area (Å²) >= 11 is 0. The number of hydrogen-bond donors (Lipinski definition) is 1. The van der Waals surface area contributed by atoms with Crippen LogP contribution in [-0.2, 0) is 6.42 Å². The van der Waals surface area contributed by atoms with Crippen molar-refractivity contribution in [3.05, 3.63) is 59.4 Å². The summed E-state index contributed by atoms with van der Waals surface area (Å²) < 4.78 is 0. The number of carboxylic acids is 1. The minimum Gasteiger partial charge on any atom is -0.477 e. The average molecular weight is 282 g/mol. The zero-order valence-electron chi connectivity index (χ0n) is 11.5. The van der Waals surface area contributed by atoms with E-state index in [2.05, 4.69) is 4.98 Å². The fourth-order valence-electron chi connectivity index (χ4n) is 2.66. The van der Waals surface area contributed by atoms with E-state index in [4.69, 9.17) is 5.11 Å². The number of para-hydroxylation sites is 1. The van der Waals surface area contributed by atoms with E-state index in [0.717, 1.165) is 17.7 Å².